The fourth-order valence-electron chi connectivity index (χ4n) is 3.00. The van der Waals surface area contributed by atoms with Crippen LogP contribution in [0.2, 0.25) is 0 Å². The number of nitrogens with one attached hydrogen (secondary N) is 1. The molecule has 0 bridgehead atoms. The van der Waals surface area contributed by atoms with Crippen LogP contribution in [-0.2, 0) is 0 Å². The van der Waals surface area contributed by atoms with Crippen LogP contribution in [0.1, 0.15) is 35.0 Å². The summed E-state index contributed by atoms with van der Waals surface area (Å²) in [6, 6.07) is 11.1. The van der Waals surface area contributed by atoms with Crippen molar-refractivity contribution in [1.29, 1.82) is 0 Å². The number of furan rings is 1. The maximum absolute atomic E-state index is 12.4. The SMILES string of the molecule is COc1cccc(C(=O)NC[C@H](c2ccco2)N2CCCC2)c1. The summed E-state index contributed by atoms with van der Waals surface area (Å²) in [5.74, 6) is 1.48. The van der Waals surface area contributed by atoms with E-state index in [0.29, 0.717) is 17.9 Å². The van der Waals surface area contributed by atoms with Crippen molar-refractivity contribution in [3.8, 4) is 5.75 Å². The highest BCUT2D eigenvalue weighted by molar-refractivity contribution is 5.94. The second-order valence-corrected chi connectivity index (χ2v) is 5.72. The molecule has 3 rings (SSSR count). The molecule has 5 nitrogen and oxygen atoms in total. The number of amides is 1. The third kappa shape index (κ3) is 3.74. The first-order valence-electron chi connectivity index (χ1n) is 7.97. The molecule has 1 aliphatic rings. The Morgan fingerprint density at radius 2 is 2.13 bits per heavy atom. The average molecular weight is 314 g/mol. The highest BCUT2D eigenvalue weighted by Crippen LogP contribution is 2.25. The van der Waals surface area contributed by atoms with Crippen LogP contribution in [0.15, 0.2) is 47.1 Å². The van der Waals surface area contributed by atoms with Gasteiger partial charge >= 0.3 is 0 Å². The topological polar surface area (TPSA) is 54.7 Å². The number of benzene rings is 1. The first-order valence-corrected chi connectivity index (χ1v) is 7.97. The Labute approximate surface area is 136 Å². The van der Waals surface area contributed by atoms with Crippen LogP contribution in [0.5, 0.6) is 5.75 Å². The number of nitrogens with zero attached hydrogens (tertiary/aromatic N) is 1. The average Bonchev–Trinajstić information content (AvgIpc) is 3.29. The second kappa shape index (κ2) is 7.33. The molecule has 0 radical (unpaired) electrons. The van der Waals surface area contributed by atoms with E-state index in [0.717, 1.165) is 18.8 Å². The van der Waals surface area contributed by atoms with Crippen molar-refractivity contribution in [2.24, 2.45) is 0 Å². The highest BCUT2D eigenvalue weighted by atomic mass is 16.5. The predicted molar refractivity (Wildman–Crippen MR) is 87.6 cm³/mol. The standard InChI is InChI=1S/C18H22N2O3/c1-22-15-7-4-6-14(12-15)18(21)19-13-16(17-8-5-11-23-17)20-9-2-3-10-20/h4-8,11-12,16H,2-3,9-10,13H2,1H3,(H,19,21)/t16-/m1/s1. The van der Waals surface area contributed by atoms with Crippen molar-refractivity contribution in [2.75, 3.05) is 26.7 Å². The number of carbonyl (C=O) groups is 1. The molecule has 1 N–H and O–H groups in total. The molecule has 1 fully saturated rings. The van der Waals surface area contributed by atoms with Crippen LogP contribution in [0.3, 0.4) is 0 Å². The quantitative estimate of drug-likeness (QED) is 0.891. The third-order valence-electron chi connectivity index (χ3n) is 4.24. The molecular weight excluding hydrogens is 292 g/mol. The van der Waals surface area contributed by atoms with Gasteiger partial charge in [-0.3, -0.25) is 9.69 Å². The summed E-state index contributed by atoms with van der Waals surface area (Å²) in [5, 5.41) is 3.02. The van der Waals surface area contributed by atoms with Gasteiger partial charge in [-0.05, 0) is 56.3 Å². The van der Waals surface area contributed by atoms with E-state index in [4.69, 9.17) is 9.15 Å². The van der Waals surface area contributed by atoms with Gasteiger partial charge in [-0.2, -0.15) is 0 Å². The van der Waals surface area contributed by atoms with Crippen molar-refractivity contribution in [2.45, 2.75) is 18.9 Å². The minimum atomic E-state index is -0.0975. The summed E-state index contributed by atoms with van der Waals surface area (Å²) in [6.45, 7) is 2.62. The van der Waals surface area contributed by atoms with E-state index in [-0.39, 0.29) is 11.9 Å². The molecular formula is C18H22N2O3. The van der Waals surface area contributed by atoms with Gasteiger partial charge in [0, 0.05) is 12.1 Å². The maximum atomic E-state index is 12.4. The molecule has 1 aromatic heterocycles. The van der Waals surface area contributed by atoms with Gasteiger partial charge in [0.1, 0.15) is 11.5 Å². The summed E-state index contributed by atoms with van der Waals surface area (Å²) >= 11 is 0. The molecule has 1 aliphatic heterocycles. The molecule has 0 aliphatic carbocycles. The van der Waals surface area contributed by atoms with Gasteiger partial charge in [0.15, 0.2) is 0 Å². The predicted octanol–water partition coefficient (Wildman–Crippen LogP) is 2.86. The Balaban J connectivity index is 1.67. The molecule has 0 spiro atoms. The molecule has 122 valence electrons. The zero-order chi connectivity index (χ0) is 16.1. The van der Waals surface area contributed by atoms with Crippen LogP contribution in [0, 0.1) is 0 Å². The first kappa shape index (κ1) is 15.6. The summed E-state index contributed by atoms with van der Waals surface area (Å²) < 4.78 is 10.7. The molecule has 1 aromatic carbocycles. The van der Waals surface area contributed by atoms with E-state index in [1.165, 1.54) is 12.8 Å². The van der Waals surface area contributed by atoms with Crippen molar-refractivity contribution < 1.29 is 13.9 Å². The van der Waals surface area contributed by atoms with Gasteiger partial charge in [0.05, 0.1) is 19.4 Å². The minimum Gasteiger partial charge on any atom is -0.497 e. The van der Waals surface area contributed by atoms with Gasteiger partial charge < -0.3 is 14.5 Å². The number of hydrogen-bond acceptors (Lipinski definition) is 4. The van der Waals surface area contributed by atoms with Crippen molar-refractivity contribution in [3.05, 3.63) is 54.0 Å². The van der Waals surface area contributed by atoms with E-state index < -0.39 is 0 Å². The first-order chi connectivity index (χ1) is 11.3. The van der Waals surface area contributed by atoms with E-state index in [1.807, 2.05) is 24.3 Å². The molecule has 0 saturated carbocycles. The molecule has 2 heterocycles. The van der Waals surface area contributed by atoms with Crippen LogP contribution in [0.25, 0.3) is 0 Å². The number of rotatable bonds is 6. The van der Waals surface area contributed by atoms with E-state index in [1.54, 1.807) is 25.5 Å². The normalized spacial score (nSPS) is 16.2. The number of likely N-dealkylation sites (tertiary alicyclic amines) is 1. The van der Waals surface area contributed by atoms with Gasteiger partial charge in [-0.15, -0.1) is 0 Å². The lowest BCUT2D eigenvalue weighted by Gasteiger charge is -2.26. The fourth-order valence-corrected chi connectivity index (χ4v) is 3.00. The summed E-state index contributed by atoms with van der Waals surface area (Å²) in [7, 11) is 1.59. The molecule has 5 heteroatoms. The number of ether oxygens (including phenoxy) is 1. The molecule has 1 atom stereocenters. The third-order valence-corrected chi connectivity index (χ3v) is 4.24. The lowest BCUT2D eigenvalue weighted by Crippen LogP contribution is -2.36. The minimum absolute atomic E-state index is 0.0852. The molecule has 2 aromatic rings. The zero-order valence-corrected chi connectivity index (χ0v) is 13.3. The van der Waals surface area contributed by atoms with E-state index in [2.05, 4.69) is 10.2 Å². The Hall–Kier alpha value is -2.27. The van der Waals surface area contributed by atoms with Gasteiger partial charge in [-0.25, -0.2) is 0 Å². The number of hydrogen-bond donors (Lipinski definition) is 1. The van der Waals surface area contributed by atoms with Gasteiger partial charge in [0.2, 0.25) is 0 Å². The lowest BCUT2D eigenvalue weighted by molar-refractivity contribution is 0.0933. The van der Waals surface area contributed by atoms with Crippen LogP contribution < -0.4 is 10.1 Å². The molecule has 1 amide bonds. The van der Waals surface area contributed by atoms with Crippen molar-refractivity contribution >= 4 is 5.91 Å². The Bertz CT molecular complexity index is 633. The molecule has 23 heavy (non-hydrogen) atoms. The van der Waals surface area contributed by atoms with Crippen LogP contribution in [0.4, 0.5) is 0 Å². The van der Waals surface area contributed by atoms with Crippen molar-refractivity contribution in [3.63, 3.8) is 0 Å². The molecule has 0 unspecified atom stereocenters. The Morgan fingerprint density at radius 3 is 2.83 bits per heavy atom. The number of methoxy groups -OCH3 is 1. The van der Waals surface area contributed by atoms with E-state index in [9.17, 15) is 4.79 Å². The second-order valence-electron chi connectivity index (χ2n) is 5.72. The Morgan fingerprint density at radius 1 is 1.30 bits per heavy atom. The number of carbonyl (C=O) groups excluding carboxylic acids is 1. The summed E-state index contributed by atoms with van der Waals surface area (Å²) in [6.07, 6.45) is 4.07. The monoisotopic (exact) mass is 314 g/mol. The summed E-state index contributed by atoms with van der Waals surface area (Å²) in [4.78, 5) is 14.8. The fraction of sp³-hybridized carbons (Fsp3) is 0.389. The summed E-state index contributed by atoms with van der Waals surface area (Å²) in [5.41, 5.74) is 0.601. The van der Waals surface area contributed by atoms with Gasteiger partial charge in [-0.1, -0.05) is 6.07 Å². The smallest absolute Gasteiger partial charge is 0.251 e. The lowest BCUT2D eigenvalue weighted by atomic mass is 10.1. The van der Waals surface area contributed by atoms with E-state index >= 15 is 0 Å². The highest BCUT2D eigenvalue weighted by Gasteiger charge is 2.26. The van der Waals surface area contributed by atoms with Crippen LogP contribution >= 0.6 is 0 Å². The maximum Gasteiger partial charge on any atom is 0.251 e. The van der Waals surface area contributed by atoms with Crippen LogP contribution in [-0.4, -0.2) is 37.6 Å². The zero-order valence-electron chi connectivity index (χ0n) is 13.3. The van der Waals surface area contributed by atoms with Crippen molar-refractivity contribution in [1.82, 2.24) is 10.2 Å². The molecule has 1 saturated heterocycles. The largest absolute Gasteiger partial charge is 0.497 e. The van der Waals surface area contributed by atoms with Gasteiger partial charge in [0.25, 0.3) is 5.91 Å². The Kier molecular flexibility index (Phi) is 4.98.